The smallest absolute Gasteiger partial charge is 0.269 e. The Bertz CT molecular complexity index is 403. The first-order chi connectivity index (χ1) is 11.8. The lowest BCUT2D eigenvalue weighted by Gasteiger charge is -2.18. The zero-order chi connectivity index (χ0) is 17.5. The summed E-state index contributed by atoms with van der Waals surface area (Å²) in [7, 11) is 0. The van der Waals surface area contributed by atoms with Crippen LogP contribution in [-0.2, 0) is 0 Å². The molecule has 4 heteroatoms. The van der Waals surface area contributed by atoms with E-state index >= 15 is 0 Å². The van der Waals surface area contributed by atoms with Gasteiger partial charge in [-0.05, 0) is 18.9 Å². The summed E-state index contributed by atoms with van der Waals surface area (Å²) in [6.45, 7) is 4.49. The maximum Gasteiger partial charge on any atom is 0.269 e. The zero-order valence-electron chi connectivity index (χ0n) is 15.8. The molecule has 4 nitrogen and oxygen atoms in total. The van der Waals surface area contributed by atoms with Gasteiger partial charge in [0, 0.05) is 12.2 Å². The number of carbonyl (C=O) groups excluding carboxylic acids is 1. The average Bonchev–Trinajstić information content (AvgIpc) is 3.12. The number of aromatic amines is 1. The Labute approximate surface area is 148 Å². The first-order valence-electron chi connectivity index (χ1n) is 10.1. The number of hydrogen-bond acceptors (Lipinski definition) is 2. The Kier molecular flexibility index (Phi) is 12.1. The maximum absolute atomic E-state index is 12.2. The Hall–Kier alpha value is -1.32. The molecule has 0 saturated carbocycles. The number of rotatable bonds is 15. The third-order valence-electron chi connectivity index (χ3n) is 4.64. The van der Waals surface area contributed by atoms with Gasteiger partial charge in [-0.1, -0.05) is 84.5 Å². The SMILES string of the molecule is CCCCCCCCC(CCCCCCC)NC(=O)c1ccn[nH]1. The van der Waals surface area contributed by atoms with Crippen molar-refractivity contribution in [3.8, 4) is 0 Å². The molecule has 1 unspecified atom stereocenters. The molecule has 1 aromatic rings. The average molecular weight is 336 g/mol. The summed E-state index contributed by atoms with van der Waals surface area (Å²) in [6, 6.07) is 2.03. The van der Waals surface area contributed by atoms with Crippen LogP contribution in [0.25, 0.3) is 0 Å². The van der Waals surface area contributed by atoms with Gasteiger partial charge >= 0.3 is 0 Å². The number of aromatic nitrogens is 2. The van der Waals surface area contributed by atoms with Gasteiger partial charge in [-0.2, -0.15) is 5.10 Å². The quantitative estimate of drug-likeness (QED) is 0.409. The fraction of sp³-hybridized carbons (Fsp3) is 0.800. The Morgan fingerprint density at radius 2 is 1.50 bits per heavy atom. The highest BCUT2D eigenvalue weighted by Gasteiger charge is 2.14. The monoisotopic (exact) mass is 335 g/mol. The summed E-state index contributed by atoms with van der Waals surface area (Å²) in [5.41, 5.74) is 0.564. The van der Waals surface area contributed by atoms with E-state index in [9.17, 15) is 4.79 Å². The van der Waals surface area contributed by atoms with Crippen molar-refractivity contribution in [3.63, 3.8) is 0 Å². The molecule has 0 aliphatic heterocycles. The number of unbranched alkanes of at least 4 members (excludes halogenated alkanes) is 9. The first-order valence-corrected chi connectivity index (χ1v) is 10.1. The first kappa shape index (κ1) is 20.7. The minimum atomic E-state index is -0.0166. The van der Waals surface area contributed by atoms with Gasteiger partial charge in [-0.25, -0.2) is 0 Å². The number of carbonyl (C=O) groups is 1. The van der Waals surface area contributed by atoms with E-state index in [1.165, 1.54) is 70.6 Å². The molecule has 0 aliphatic rings. The van der Waals surface area contributed by atoms with E-state index in [1.54, 1.807) is 12.3 Å². The molecule has 1 atom stereocenters. The van der Waals surface area contributed by atoms with Crippen LogP contribution in [0.5, 0.6) is 0 Å². The molecule has 2 N–H and O–H groups in total. The van der Waals surface area contributed by atoms with Gasteiger partial charge in [0.15, 0.2) is 0 Å². The van der Waals surface area contributed by atoms with Crippen molar-refractivity contribution < 1.29 is 4.79 Å². The van der Waals surface area contributed by atoms with Crippen LogP contribution in [0.15, 0.2) is 12.3 Å². The van der Waals surface area contributed by atoms with E-state index in [-0.39, 0.29) is 5.91 Å². The standard InChI is InChI=1S/C20H37N3O/c1-3-5-7-9-11-13-15-18(14-12-10-8-6-4-2)22-20(24)19-16-17-21-23-19/h16-18H,3-15H2,1-2H3,(H,21,23)(H,22,24). The molecule has 1 amide bonds. The number of nitrogens with zero attached hydrogens (tertiary/aromatic N) is 1. The second-order valence-electron chi connectivity index (χ2n) is 6.90. The minimum absolute atomic E-state index is 0.0166. The molecule has 0 fully saturated rings. The zero-order valence-corrected chi connectivity index (χ0v) is 15.8. The lowest BCUT2D eigenvalue weighted by molar-refractivity contribution is 0.0926. The van der Waals surface area contributed by atoms with Crippen molar-refractivity contribution in [2.24, 2.45) is 0 Å². The van der Waals surface area contributed by atoms with Crippen LogP contribution in [0.4, 0.5) is 0 Å². The van der Waals surface area contributed by atoms with Crippen LogP contribution in [-0.4, -0.2) is 22.1 Å². The third-order valence-corrected chi connectivity index (χ3v) is 4.64. The lowest BCUT2D eigenvalue weighted by atomic mass is 10.00. The van der Waals surface area contributed by atoms with Crippen LogP contribution in [0.2, 0.25) is 0 Å². The highest BCUT2D eigenvalue weighted by molar-refractivity contribution is 5.92. The molecule has 138 valence electrons. The Morgan fingerprint density at radius 1 is 0.958 bits per heavy atom. The fourth-order valence-electron chi connectivity index (χ4n) is 3.10. The predicted octanol–water partition coefficient (Wildman–Crippen LogP) is 5.62. The third kappa shape index (κ3) is 9.74. The number of H-pyrrole nitrogens is 1. The molecule has 0 saturated heterocycles. The molecule has 0 aromatic carbocycles. The van der Waals surface area contributed by atoms with E-state index in [4.69, 9.17) is 0 Å². The van der Waals surface area contributed by atoms with E-state index in [0.29, 0.717) is 11.7 Å². The molecule has 1 rings (SSSR count). The summed E-state index contributed by atoms with van der Waals surface area (Å²) < 4.78 is 0. The summed E-state index contributed by atoms with van der Waals surface area (Å²) in [6.07, 6.45) is 18.0. The van der Waals surface area contributed by atoms with E-state index in [0.717, 1.165) is 12.8 Å². The Balaban J connectivity index is 2.30. The molecular formula is C20H37N3O. The van der Waals surface area contributed by atoms with Gasteiger partial charge in [0.2, 0.25) is 0 Å². The highest BCUT2D eigenvalue weighted by atomic mass is 16.2. The van der Waals surface area contributed by atoms with Crippen molar-refractivity contribution in [1.82, 2.24) is 15.5 Å². The molecule has 0 aliphatic carbocycles. The number of hydrogen-bond donors (Lipinski definition) is 2. The Morgan fingerprint density at radius 3 is 2.00 bits per heavy atom. The van der Waals surface area contributed by atoms with Crippen molar-refractivity contribution in [3.05, 3.63) is 18.0 Å². The summed E-state index contributed by atoms with van der Waals surface area (Å²) in [5, 5.41) is 9.82. The topological polar surface area (TPSA) is 57.8 Å². The summed E-state index contributed by atoms with van der Waals surface area (Å²) in [5.74, 6) is -0.0166. The molecule has 24 heavy (non-hydrogen) atoms. The van der Waals surface area contributed by atoms with Gasteiger partial charge in [0.25, 0.3) is 5.91 Å². The van der Waals surface area contributed by atoms with E-state index < -0.39 is 0 Å². The molecule has 0 spiro atoms. The van der Waals surface area contributed by atoms with Crippen LogP contribution < -0.4 is 5.32 Å². The van der Waals surface area contributed by atoms with Crippen molar-refractivity contribution >= 4 is 5.91 Å². The lowest BCUT2D eigenvalue weighted by Crippen LogP contribution is -2.35. The predicted molar refractivity (Wildman–Crippen MR) is 101 cm³/mol. The van der Waals surface area contributed by atoms with Crippen LogP contribution in [0.1, 0.15) is 108 Å². The number of nitrogens with one attached hydrogen (secondary N) is 2. The van der Waals surface area contributed by atoms with Crippen molar-refractivity contribution in [2.75, 3.05) is 0 Å². The van der Waals surface area contributed by atoms with Gasteiger partial charge in [0.1, 0.15) is 5.69 Å². The van der Waals surface area contributed by atoms with E-state index in [2.05, 4.69) is 29.4 Å². The van der Waals surface area contributed by atoms with Gasteiger partial charge in [-0.15, -0.1) is 0 Å². The van der Waals surface area contributed by atoms with Crippen LogP contribution >= 0.6 is 0 Å². The molecule has 0 bridgehead atoms. The fourth-order valence-corrected chi connectivity index (χ4v) is 3.10. The normalized spacial score (nSPS) is 12.2. The van der Waals surface area contributed by atoms with Gasteiger partial charge < -0.3 is 5.32 Å². The molecule has 1 heterocycles. The second-order valence-corrected chi connectivity index (χ2v) is 6.90. The van der Waals surface area contributed by atoms with Gasteiger partial charge in [-0.3, -0.25) is 9.89 Å². The molecule has 0 radical (unpaired) electrons. The largest absolute Gasteiger partial charge is 0.348 e. The molecule has 1 aromatic heterocycles. The summed E-state index contributed by atoms with van der Waals surface area (Å²) >= 11 is 0. The maximum atomic E-state index is 12.2. The van der Waals surface area contributed by atoms with Crippen LogP contribution in [0, 0.1) is 0 Å². The van der Waals surface area contributed by atoms with Crippen molar-refractivity contribution in [1.29, 1.82) is 0 Å². The second kappa shape index (κ2) is 14.1. The summed E-state index contributed by atoms with van der Waals surface area (Å²) in [4.78, 5) is 12.2. The van der Waals surface area contributed by atoms with E-state index in [1.807, 2.05) is 0 Å². The van der Waals surface area contributed by atoms with Crippen LogP contribution in [0.3, 0.4) is 0 Å². The minimum Gasteiger partial charge on any atom is -0.348 e. The number of amides is 1. The van der Waals surface area contributed by atoms with Crippen molar-refractivity contribution in [2.45, 2.75) is 103 Å². The van der Waals surface area contributed by atoms with Gasteiger partial charge in [0.05, 0.1) is 0 Å². The highest BCUT2D eigenvalue weighted by Crippen LogP contribution is 2.14. The molecular weight excluding hydrogens is 298 g/mol.